The lowest BCUT2D eigenvalue weighted by Gasteiger charge is -2.46. The minimum atomic E-state index is -0.0812. The number of nitrogens with two attached hydrogens (primary N) is 1. The SMILES string of the molecule is CCc1cnccc1CNC(=O)c1cccc(NCC2NNC(C3CC4(CCCCCCCCC4)NCN3)N2CCNCCN)c1. The third-order valence-electron chi connectivity index (χ3n) is 10.1. The maximum atomic E-state index is 13.1. The van der Waals surface area contributed by atoms with E-state index in [4.69, 9.17) is 5.73 Å². The summed E-state index contributed by atoms with van der Waals surface area (Å²) in [6.45, 7) is 7.35. The number of hydrazine groups is 1. The Bertz CT molecular complexity index is 1200. The summed E-state index contributed by atoms with van der Waals surface area (Å²) in [5.41, 5.74) is 17.1. The number of aromatic nitrogens is 1. The van der Waals surface area contributed by atoms with Gasteiger partial charge in [-0.2, -0.15) is 0 Å². The number of anilines is 1. The van der Waals surface area contributed by atoms with Crippen LogP contribution in [-0.4, -0.2) is 79.1 Å². The summed E-state index contributed by atoms with van der Waals surface area (Å²) in [7, 11) is 0. The largest absolute Gasteiger partial charge is 0.382 e. The van der Waals surface area contributed by atoms with Gasteiger partial charge in [-0.25, -0.2) is 10.9 Å². The normalized spacial score (nSPS) is 24.1. The van der Waals surface area contributed by atoms with Gasteiger partial charge in [0.1, 0.15) is 0 Å². The fraction of sp³-hybridized carbons (Fsp3) is 0.657. The molecule has 2 aromatic rings. The van der Waals surface area contributed by atoms with Crippen LogP contribution in [-0.2, 0) is 13.0 Å². The Morgan fingerprint density at radius 3 is 2.63 bits per heavy atom. The number of aryl methyl sites for hydroxylation is 1. The summed E-state index contributed by atoms with van der Waals surface area (Å²) in [4.78, 5) is 19.8. The number of hydrogen-bond donors (Lipinski definition) is 8. The van der Waals surface area contributed by atoms with Crippen LogP contribution in [0.15, 0.2) is 42.7 Å². The van der Waals surface area contributed by atoms with Crippen molar-refractivity contribution in [1.82, 2.24) is 42.0 Å². The number of rotatable bonds is 13. The molecule has 1 aromatic heterocycles. The molecule has 11 heteroatoms. The van der Waals surface area contributed by atoms with Crippen molar-refractivity contribution in [2.24, 2.45) is 5.73 Å². The molecule has 0 bridgehead atoms. The number of benzene rings is 1. The van der Waals surface area contributed by atoms with Gasteiger partial charge in [0.15, 0.2) is 0 Å². The van der Waals surface area contributed by atoms with Gasteiger partial charge in [-0.1, -0.05) is 57.9 Å². The van der Waals surface area contributed by atoms with Gasteiger partial charge in [-0.15, -0.1) is 0 Å². The number of pyridine rings is 1. The Morgan fingerprint density at radius 2 is 1.85 bits per heavy atom. The van der Waals surface area contributed by atoms with Crippen LogP contribution < -0.4 is 43.2 Å². The molecule has 46 heavy (non-hydrogen) atoms. The molecule has 254 valence electrons. The van der Waals surface area contributed by atoms with E-state index in [0.717, 1.165) is 56.0 Å². The van der Waals surface area contributed by atoms with Crippen molar-refractivity contribution in [3.05, 3.63) is 59.4 Å². The number of hydrogen-bond acceptors (Lipinski definition) is 10. The zero-order chi connectivity index (χ0) is 32.0. The van der Waals surface area contributed by atoms with Crippen molar-refractivity contribution in [2.75, 3.05) is 44.7 Å². The predicted molar refractivity (Wildman–Crippen MR) is 186 cm³/mol. The van der Waals surface area contributed by atoms with Gasteiger partial charge >= 0.3 is 0 Å². The topological polar surface area (TPSA) is 143 Å². The molecule has 1 saturated carbocycles. The van der Waals surface area contributed by atoms with E-state index in [1.807, 2.05) is 36.5 Å². The molecule has 3 aliphatic rings. The Balaban J connectivity index is 1.20. The average Bonchev–Trinajstić information content (AvgIpc) is 3.50. The first kappa shape index (κ1) is 34.7. The van der Waals surface area contributed by atoms with E-state index >= 15 is 0 Å². The van der Waals surface area contributed by atoms with Crippen LogP contribution in [0.5, 0.6) is 0 Å². The van der Waals surface area contributed by atoms with Crippen LogP contribution in [0.2, 0.25) is 0 Å². The van der Waals surface area contributed by atoms with E-state index in [-0.39, 0.29) is 23.8 Å². The summed E-state index contributed by atoms with van der Waals surface area (Å²) >= 11 is 0. The van der Waals surface area contributed by atoms with Gasteiger partial charge in [0, 0.05) is 81.2 Å². The van der Waals surface area contributed by atoms with Crippen molar-refractivity contribution < 1.29 is 4.79 Å². The number of amides is 1. The Kier molecular flexibility index (Phi) is 13.6. The first-order valence-electron chi connectivity index (χ1n) is 17.8. The maximum absolute atomic E-state index is 13.1. The van der Waals surface area contributed by atoms with E-state index in [9.17, 15) is 4.79 Å². The lowest BCUT2D eigenvalue weighted by molar-refractivity contribution is 0.0927. The summed E-state index contributed by atoms with van der Waals surface area (Å²) in [6.07, 6.45) is 17.9. The van der Waals surface area contributed by atoms with Gasteiger partial charge in [0.05, 0.1) is 12.3 Å². The average molecular weight is 635 g/mol. The summed E-state index contributed by atoms with van der Waals surface area (Å²) < 4.78 is 0. The molecule has 1 aliphatic carbocycles. The van der Waals surface area contributed by atoms with Gasteiger partial charge < -0.3 is 21.7 Å². The lowest BCUT2D eigenvalue weighted by atomic mass is 9.78. The zero-order valence-electron chi connectivity index (χ0n) is 27.9. The maximum Gasteiger partial charge on any atom is 0.251 e. The molecule has 3 fully saturated rings. The van der Waals surface area contributed by atoms with E-state index in [2.05, 4.69) is 54.2 Å². The fourth-order valence-corrected chi connectivity index (χ4v) is 7.46. The number of carbonyl (C=O) groups excluding carboxylic acids is 1. The van der Waals surface area contributed by atoms with Gasteiger partial charge in [0.2, 0.25) is 0 Å². The van der Waals surface area contributed by atoms with E-state index in [1.54, 1.807) is 6.20 Å². The van der Waals surface area contributed by atoms with E-state index in [1.165, 1.54) is 57.8 Å². The molecule has 9 N–H and O–H groups in total. The molecule has 3 unspecified atom stereocenters. The second kappa shape index (κ2) is 18.1. The van der Waals surface area contributed by atoms with Gasteiger partial charge in [0.25, 0.3) is 5.91 Å². The highest BCUT2D eigenvalue weighted by Crippen LogP contribution is 2.32. The third kappa shape index (κ3) is 9.70. The smallest absolute Gasteiger partial charge is 0.251 e. The van der Waals surface area contributed by atoms with Crippen LogP contribution in [0.4, 0.5) is 5.69 Å². The van der Waals surface area contributed by atoms with Crippen LogP contribution >= 0.6 is 0 Å². The Morgan fingerprint density at radius 1 is 1.04 bits per heavy atom. The standard InChI is InChI=1S/C35H58N10O/c1-2-27-23-38-17-13-29(27)24-40-34(46)28-11-10-12-30(21-28)39-25-32-43-44-33(45(32)20-19-37-18-16-36)31-22-35(42-26-41-31)14-8-6-4-3-5-7-9-15-35/h10-13,17,21,23,31-33,37,39,41-44H,2-9,14-16,18-20,22,24-26,36H2,1H3,(H,40,46). The summed E-state index contributed by atoms with van der Waals surface area (Å²) in [5.74, 6) is -0.0812. The molecule has 3 heterocycles. The number of carbonyl (C=O) groups is 1. The highest BCUT2D eigenvalue weighted by Gasteiger charge is 2.43. The van der Waals surface area contributed by atoms with Crippen molar-refractivity contribution in [1.29, 1.82) is 0 Å². The molecule has 2 saturated heterocycles. The molecule has 2 aliphatic heterocycles. The highest BCUT2D eigenvalue weighted by atomic mass is 16.1. The zero-order valence-corrected chi connectivity index (χ0v) is 27.9. The summed E-state index contributed by atoms with van der Waals surface area (Å²) in [5, 5.41) is 17.9. The van der Waals surface area contributed by atoms with Gasteiger partial charge in [-0.3, -0.25) is 25.3 Å². The minimum absolute atomic E-state index is 0.0812. The molecule has 11 nitrogen and oxygen atoms in total. The first-order chi connectivity index (χ1) is 22.6. The van der Waals surface area contributed by atoms with Crippen molar-refractivity contribution in [2.45, 2.75) is 108 Å². The van der Waals surface area contributed by atoms with Crippen LogP contribution in [0.1, 0.15) is 92.6 Å². The van der Waals surface area contributed by atoms with Crippen LogP contribution in [0.3, 0.4) is 0 Å². The molecule has 3 atom stereocenters. The second-order valence-corrected chi connectivity index (χ2v) is 13.3. The van der Waals surface area contributed by atoms with Crippen molar-refractivity contribution in [3.8, 4) is 0 Å². The third-order valence-corrected chi connectivity index (χ3v) is 10.1. The molecule has 0 radical (unpaired) electrons. The Hall–Kier alpha value is -2.64. The number of nitrogens with one attached hydrogen (secondary N) is 7. The van der Waals surface area contributed by atoms with Crippen LogP contribution in [0, 0.1) is 0 Å². The molecular weight excluding hydrogens is 576 g/mol. The monoisotopic (exact) mass is 634 g/mol. The predicted octanol–water partition coefficient (Wildman–Crippen LogP) is 2.77. The fourth-order valence-electron chi connectivity index (χ4n) is 7.46. The Labute approximate surface area is 276 Å². The summed E-state index contributed by atoms with van der Waals surface area (Å²) in [6, 6.07) is 10.1. The minimum Gasteiger partial charge on any atom is -0.382 e. The van der Waals surface area contributed by atoms with E-state index in [0.29, 0.717) is 31.2 Å². The first-order valence-corrected chi connectivity index (χ1v) is 17.8. The van der Waals surface area contributed by atoms with Crippen LogP contribution in [0.25, 0.3) is 0 Å². The quantitative estimate of drug-likeness (QED) is 0.155. The van der Waals surface area contributed by atoms with Crippen molar-refractivity contribution in [3.63, 3.8) is 0 Å². The number of nitrogens with zero attached hydrogens (tertiary/aromatic N) is 2. The van der Waals surface area contributed by atoms with E-state index < -0.39 is 0 Å². The lowest BCUT2D eigenvalue weighted by Crippen LogP contribution is -2.66. The molecule has 5 rings (SSSR count). The highest BCUT2D eigenvalue weighted by molar-refractivity contribution is 5.95. The second-order valence-electron chi connectivity index (χ2n) is 13.3. The molecule has 1 aromatic carbocycles. The van der Waals surface area contributed by atoms with Crippen molar-refractivity contribution >= 4 is 11.6 Å². The van der Waals surface area contributed by atoms with Gasteiger partial charge in [-0.05, 0) is 61.1 Å². The molecule has 1 amide bonds. The molecule has 1 spiro atoms. The molecular formula is C35H58N10O.